The summed E-state index contributed by atoms with van der Waals surface area (Å²) in [6.45, 7) is 1.47. The van der Waals surface area contributed by atoms with Crippen molar-refractivity contribution >= 4 is 5.91 Å². The molecule has 1 saturated heterocycles. The second kappa shape index (κ2) is 5.68. The van der Waals surface area contributed by atoms with Crippen molar-refractivity contribution in [2.75, 3.05) is 20.2 Å². The van der Waals surface area contributed by atoms with E-state index in [1.165, 1.54) is 0 Å². The van der Waals surface area contributed by atoms with E-state index in [1.807, 2.05) is 23.1 Å². The number of rotatable bonds is 2. The number of aliphatic hydroxyl groups is 1. The van der Waals surface area contributed by atoms with E-state index >= 15 is 0 Å². The number of piperidine rings is 1. The molecule has 4 nitrogen and oxygen atoms in total. The molecule has 0 radical (unpaired) electrons. The summed E-state index contributed by atoms with van der Waals surface area (Å²) in [5.74, 6) is 0.751. The molecule has 21 heavy (non-hydrogen) atoms. The molecule has 2 fully saturated rings. The molecule has 1 amide bonds. The third kappa shape index (κ3) is 2.64. The zero-order valence-corrected chi connectivity index (χ0v) is 12.5. The molecule has 1 saturated carbocycles. The van der Waals surface area contributed by atoms with Crippen molar-refractivity contribution in [3.8, 4) is 5.75 Å². The number of hydrogen-bond acceptors (Lipinski definition) is 3. The molecule has 0 bridgehead atoms. The molecule has 1 aliphatic carbocycles. The minimum Gasteiger partial charge on any atom is -0.497 e. The number of carbonyl (C=O) groups excluding carboxylic acids is 1. The lowest BCUT2D eigenvalue weighted by molar-refractivity contribution is -0.00536. The molecule has 3 rings (SSSR count). The number of amides is 1. The summed E-state index contributed by atoms with van der Waals surface area (Å²) in [6.07, 6.45) is 4.75. The molecule has 0 aromatic heterocycles. The van der Waals surface area contributed by atoms with Gasteiger partial charge in [-0.1, -0.05) is 12.5 Å². The van der Waals surface area contributed by atoms with Gasteiger partial charge in [-0.15, -0.1) is 0 Å². The molecule has 0 unspecified atom stereocenters. The number of hydrogen-bond donors (Lipinski definition) is 1. The van der Waals surface area contributed by atoms with Gasteiger partial charge < -0.3 is 14.7 Å². The highest BCUT2D eigenvalue weighted by Crippen LogP contribution is 2.45. The number of likely N-dealkylation sites (tertiary alicyclic amines) is 1. The lowest BCUT2D eigenvalue weighted by atomic mass is 9.76. The van der Waals surface area contributed by atoms with Crippen LogP contribution in [-0.2, 0) is 0 Å². The number of ether oxygens (including phenoxy) is 1. The normalized spacial score (nSPS) is 28.9. The van der Waals surface area contributed by atoms with Gasteiger partial charge in [-0.2, -0.15) is 0 Å². The molecule has 2 atom stereocenters. The van der Waals surface area contributed by atoms with Gasteiger partial charge in [0.2, 0.25) is 0 Å². The summed E-state index contributed by atoms with van der Waals surface area (Å²) < 4.78 is 5.19. The maximum absolute atomic E-state index is 12.7. The highest BCUT2D eigenvalue weighted by molar-refractivity contribution is 5.94. The monoisotopic (exact) mass is 289 g/mol. The first-order valence-corrected chi connectivity index (χ1v) is 7.76. The van der Waals surface area contributed by atoms with Crippen LogP contribution in [0.3, 0.4) is 0 Å². The van der Waals surface area contributed by atoms with Gasteiger partial charge in [0.1, 0.15) is 5.75 Å². The van der Waals surface area contributed by atoms with Crippen molar-refractivity contribution < 1.29 is 14.6 Å². The Hall–Kier alpha value is -1.55. The van der Waals surface area contributed by atoms with E-state index in [0.29, 0.717) is 17.9 Å². The predicted octanol–water partition coefficient (Wildman–Crippen LogP) is 2.46. The van der Waals surface area contributed by atoms with Crippen molar-refractivity contribution in [3.05, 3.63) is 29.8 Å². The van der Waals surface area contributed by atoms with Crippen molar-refractivity contribution in [3.63, 3.8) is 0 Å². The van der Waals surface area contributed by atoms with Crippen molar-refractivity contribution in [1.29, 1.82) is 0 Å². The van der Waals surface area contributed by atoms with E-state index in [2.05, 4.69) is 0 Å². The number of aliphatic hydroxyl groups excluding tert-OH is 1. The summed E-state index contributed by atoms with van der Waals surface area (Å²) >= 11 is 0. The first kappa shape index (κ1) is 14.4. The molecule has 1 heterocycles. The Bertz CT molecular complexity index is 531. The van der Waals surface area contributed by atoms with Gasteiger partial charge in [0.05, 0.1) is 13.2 Å². The van der Waals surface area contributed by atoms with Crippen LogP contribution in [0.5, 0.6) is 5.75 Å². The summed E-state index contributed by atoms with van der Waals surface area (Å²) in [5, 5.41) is 10.3. The highest BCUT2D eigenvalue weighted by atomic mass is 16.5. The topological polar surface area (TPSA) is 49.8 Å². The number of nitrogens with zero attached hydrogens (tertiary/aromatic N) is 1. The number of carbonyl (C=O) groups is 1. The van der Waals surface area contributed by atoms with Crippen LogP contribution in [0.1, 0.15) is 42.5 Å². The van der Waals surface area contributed by atoms with Gasteiger partial charge in [0.15, 0.2) is 0 Å². The van der Waals surface area contributed by atoms with E-state index in [9.17, 15) is 9.90 Å². The standard InChI is InChI=1S/C17H23NO3/c1-21-14-6-2-5-13(11-14)16(20)18-10-4-9-17(12-18)8-3-7-15(17)19/h2,5-6,11,15,19H,3-4,7-10,12H2,1H3/t15-,17+/m1/s1. The lowest BCUT2D eigenvalue weighted by Gasteiger charge is -2.42. The molecule has 1 aromatic rings. The fraction of sp³-hybridized carbons (Fsp3) is 0.588. The molecule has 114 valence electrons. The highest BCUT2D eigenvalue weighted by Gasteiger charge is 2.45. The zero-order chi connectivity index (χ0) is 14.9. The summed E-state index contributed by atoms with van der Waals surface area (Å²) in [7, 11) is 1.61. The fourth-order valence-electron chi connectivity index (χ4n) is 3.87. The SMILES string of the molecule is COc1cccc(C(=O)N2CCC[C@@]3(CCC[C@H]3O)C2)c1. The third-order valence-electron chi connectivity index (χ3n) is 5.07. The Kier molecular flexibility index (Phi) is 3.89. The summed E-state index contributed by atoms with van der Waals surface area (Å²) in [6, 6.07) is 7.30. The third-order valence-corrected chi connectivity index (χ3v) is 5.07. The summed E-state index contributed by atoms with van der Waals surface area (Å²) in [4.78, 5) is 14.6. The second-order valence-corrected chi connectivity index (χ2v) is 6.33. The van der Waals surface area contributed by atoms with Crippen molar-refractivity contribution in [2.24, 2.45) is 5.41 Å². The van der Waals surface area contributed by atoms with Gasteiger partial charge in [-0.3, -0.25) is 4.79 Å². The average molecular weight is 289 g/mol. The average Bonchev–Trinajstić information content (AvgIpc) is 2.87. The van der Waals surface area contributed by atoms with Gasteiger partial charge in [0.25, 0.3) is 5.91 Å². The lowest BCUT2D eigenvalue weighted by Crippen LogP contribution is -2.49. The Morgan fingerprint density at radius 1 is 1.38 bits per heavy atom. The van der Waals surface area contributed by atoms with Gasteiger partial charge in [-0.05, 0) is 43.9 Å². The van der Waals surface area contributed by atoms with Crippen LogP contribution >= 0.6 is 0 Å². The first-order valence-electron chi connectivity index (χ1n) is 7.76. The van der Waals surface area contributed by atoms with Gasteiger partial charge in [-0.25, -0.2) is 0 Å². The number of benzene rings is 1. The molecular weight excluding hydrogens is 266 g/mol. The van der Waals surface area contributed by atoms with Crippen LogP contribution in [0.4, 0.5) is 0 Å². The van der Waals surface area contributed by atoms with Gasteiger partial charge in [0, 0.05) is 24.1 Å². The molecule has 1 aliphatic heterocycles. The van der Waals surface area contributed by atoms with Crippen molar-refractivity contribution in [2.45, 2.75) is 38.2 Å². The smallest absolute Gasteiger partial charge is 0.254 e. The molecular formula is C17H23NO3. The van der Waals surface area contributed by atoms with Crippen molar-refractivity contribution in [1.82, 2.24) is 4.90 Å². The Balaban J connectivity index is 1.78. The van der Waals surface area contributed by atoms with E-state index in [-0.39, 0.29) is 17.4 Å². The molecule has 2 aliphatic rings. The molecule has 1 aromatic carbocycles. The second-order valence-electron chi connectivity index (χ2n) is 6.33. The van der Waals surface area contributed by atoms with Crippen LogP contribution in [0.25, 0.3) is 0 Å². The summed E-state index contributed by atoms with van der Waals surface area (Å²) in [5.41, 5.74) is 0.603. The van der Waals surface area contributed by atoms with E-state index in [4.69, 9.17) is 4.74 Å². The maximum Gasteiger partial charge on any atom is 0.254 e. The zero-order valence-electron chi connectivity index (χ0n) is 12.5. The van der Waals surface area contributed by atoms with Crippen LogP contribution in [-0.4, -0.2) is 42.2 Å². The maximum atomic E-state index is 12.7. The molecule has 1 spiro atoms. The van der Waals surface area contributed by atoms with E-state index in [0.717, 1.165) is 38.6 Å². The fourth-order valence-corrected chi connectivity index (χ4v) is 3.87. The minimum atomic E-state index is -0.251. The Labute approximate surface area is 125 Å². The predicted molar refractivity (Wildman–Crippen MR) is 80.4 cm³/mol. The largest absolute Gasteiger partial charge is 0.497 e. The Morgan fingerprint density at radius 3 is 2.90 bits per heavy atom. The molecule has 1 N–H and O–H groups in total. The first-order chi connectivity index (χ1) is 10.1. The Morgan fingerprint density at radius 2 is 2.19 bits per heavy atom. The van der Waals surface area contributed by atoms with Crippen LogP contribution in [0.15, 0.2) is 24.3 Å². The quantitative estimate of drug-likeness (QED) is 0.910. The van der Waals surface area contributed by atoms with E-state index < -0.39 is 0 Å². The van der Waals surface area contributed by atoms with E-state index in [1.54, 1.807) is 13.2 Å². The molecule has 4 heteroatoms. The van der Waals surface area contributed by atoms with Gasteiger partial charge >= 0.3 is 0 Å². The number of methoxy groups -OCH3 is 1. The minimum absolute atomic E-state index is 0.0482. The van der Waals surface area contributed by atoms with Crippen LogP contribution < -0.4 is 4.74 Å². The van der Waals surface area contributed by atoms with Crippen LogP contribution in [0.2, 0.25) is 0 Å². The van der Waals surface area contributed by atoms with Crippen LogP contribution in [0, 0.1) is 5.41 Å².